The van der Waals surface area contributed by atoms with E-state index in [1.165, 1.54) is 0 Å². The Hall–Kier alpha value is -2.09. The molecule has 0 fully saturated rings. The van der Waals surface area contributed by atoms with Crippen molar-refractivity contribution in [2.24, 2.45) is 0 Å². The molecule has 0 N–H and O–H groups in total. The van der Waals surface area contributed by atoms with Gasteiger partial charge in [0, 0.05) is 12.0 Å². The summed E-state index contributed by atoms with van der Waals surface area (Å²) in [4.78, 5) is 12.1. The Bertz CT molecular complexity index is 782. The second-order valence-corrected chi connectivity index (χ2v) is 4.86. The van der Waals surface area contributed by atoms with E-state index in [2.05, 4.69) is 0 Å². The molecule has 90 valence electrons. The van der Waals surface area contributed by atoms with Gasteiger partial charge in [0.15, 0.2) is 5.43 Å². The average molecular weight is 238 g/mol. The quantitative estimate of drug-likeness (QED) is 0.598. The molecule has 0 atom stereocenters. The lowest BCUT2D eigenvalue weighted by molar-refractivity contribution is 0.509. The SMILES string of the molecule is CC(C)c1cc(=O)c2cc3ccccc3cc2o1. The minimum absolute atomic E-state index is 0.0331. The lowest BCUT2D eigenvalue weighted by atomic mass is 10.1. The van der Waals surface area contributed by atoms with Gasteiger partial charge in [0.2, 0.25) is 0 Å². The Labute approximate surface area is 105 Å². The molecular weight excluding hydrogens is 224 g/mol. The van der Waals surface area contributed by atoms with E-state index < -0.39 is 0 Å². The summed E-state index contributed by atoms with van der Waals surface area (Å²) in [6, 6.07) is 13.4. The van der Waals surface area contributed by atoms with Crippen molar-refractivity contribution in [3.63, 3.8) is 0 Å². The molecule has 0 bridgehead atoms. The van der Waals surface area contributed by atoms with Gasteiger partial charge < -0.3 is 4.42 Å². The number of rotatable bonds is 1. The van der Waals surface area contributed by atoms with Crippen molar-refractivity contribution in [2.45, 2.75) is 19.8 Å². The molecule has 0 radical (unpaired) electrons. The Kier molecular flexibility index (Phi) is 2.44. The molecule has 0 unspecified atom stereocenters. The number of hydrogen-bond acceptors (Lipinski definition) is 2. The van der Waals surface area contributed by atoms with E-state index in [0.717, 1.165) is 16.5 Å². The molecule has 0 aliphatic rings. The third-order valence-electron chi connectivity index (χ3n) is 3.18. The van der Waals surface area contributed by atoms with Crippen molar-refractivity contribution < 1.29 is 4.42 Å². The number of benzene rings is 2. The minimum Gasteiger partial charge on any atom is -0.461 e. The zero-order valence-corrected chi connectivity index (χ0v) is 10.4. The molecule has 0 saturated carbocycles. The lowest BCUT2D eigenvalue weighted by Crippen LogP contribution is -2.03. The van der Waals surface area contributed by atoms with Crippen LogP contribution in [0.4, 0.5) is 0 Å². The Morgan fingerprint density at radius 3 is 2.33 bits per heavy atom. The molecule has 2 heteroatoms. The van der Waals surface area contributed by atoms with Gasteiger partial charge in [-0.1, -0.05) is 38.1 Å². The van der Waals surface area contributed by atoms with Crippen LogP contribution >= 0.6 is 0 Å². The molecule has 0 aliphatic carbocycles. The van der Waals surface area contributed by atoms with Gasteiger partial charge in [0.1, 0.15) is 11.3 Å². The van der Waals surface area contributed by atoms with E-state index in [-0.39, 0.29) is 11.3 Å². The first-order valence-electron chi connectivity index (χ1n) is 6.12. The summed E-state index contributed by atoms with van der Waals surface area (Å²) in [5.74, 6) is 0.955. The van der Waals surface area contributed by atoms with Crippen molar-refractivity contribution in [3.8, 4) is 0 Å². The monoisotopic (exact) mass is 238 g/mol. The van der Waals surface area contributed by atoms with Gasteiger partial charge in [-0.3, -0.25) is 4.79 Å². The molecule has 2 aromatic carbocycles. The zero-order valence-electron chi connectivity index (χ0n) is 10.4. The van der Waals surface area contributed by atoms with Crippen LogP contribution in [0.2, 0.25) is 0 Å². The Balaban J connectivity index is 2.43. The highest BCUT2D eigenvalue weighted by Gasteiger charge is 2.08. The van der Waals surface area contributed by atoms with Crippen LogP contribution in [0, 0.1) is 0 Å². The van der Waals surface area contributed by atoms with Crippen molar-refractivity contribution in [1.29, 1.82) is 0 Å². The Morgan fingerprint density at radius 1 is 1.00 bits per heavy atom. The maximum atomic E-state index is 12.1. The number of fused-ring (bicyclic) bond motifs is 2. The van der Waals surface area contributed by atoms with Gasteiger partial charge in [-0.2, -0.15) is 0 Å². The van der Waals surface area contributed by atoms with Gasteiger partial charge >= 0.3 is 0 Å². The van der Waals surface area contributed by atoms with Crippen LogP contribution in [0.15, 0.2) is 51.7 Å². The van der Waals surface area contributed by atoms with Crippen LogP contribution in [0.5, 0.6) is 0 Å². The second-order valence-electron chi connectivity index (χ2n) is 4.86. The lowest BCUT2D eigenvalue weighted by Gasteiger charge is -2.06. The summed E-state index contributed by atoms with van der Waals surface area (Å²) in [7, 11) is 0. The van der Waals surface area contributed by atoms with Gasteiger partial charge in [0.25, 0.3) is 0 Å². The molecule has 1 heterocycles. The van der Waals surface area contributed by atoms with Crippen LogP contribution in [0.1, 0.15) is 25.5 Å². The maximum Gasteiger partial charge on any atom is 0.192 e. The van der Waals surface area contributed by atoms with Gasteiger partial charge in [0.05, 0.1) is 5.39 Å². The van der Waals surface area contributed by atoms with Crippen LogP contribution in [0.3, 0.4) is 0 Å². The summed E-state index contributed by atoms with van der Waals surface area (Å²) in [6.45, 7) is 4.04. The molecular formula is C16H14O2. The number of hydrogen-bond donors (Lipinski definition) is 0. The first-order valence-corrected chi connectivity index (χ1v) is 6.12. The fourth-order valence-electron chi connectivity index (χ4n) is 2.14. The standard InChI is InChI=1S/C16H14O2/c1-10(2)15-9-14(17)13-7-11-5-3-4-6-12(11)8-16(13)18-15/h3-10H,1-2H3. The largest absolute Gasteiger partial charge is 0.461 e. The molecule has 3 aromatic rings. The van der Waals surface area contributed by atoms with Crippen LogP contribution in [-0.4, -0.2) is 0 Å². The third kappa shape index (κ3) is 1.70. The molecule has 0 amide bonds. The van der Waals surface area contributed by atoms with E-state index in [1.807, 2.05) is 50.2 Å². The predicted molar refractivity (Wildman–Crippen MR) is 74.1 cm³/mol. The van der Waals surface area contributed by atoms with Crippen LogP contribution in [-0.2, 0) is 0 Å². The maximum absolute atomic E-state index is 12.1. The first-order chi connectivity index (χ1) is 8.65. The summed E-state index contributed by atoms with van der Waals surface area (Å²) in [5, 5.41) is 2.81. The normalized spacial score (nSPS) is 11.5. The van der Waals surface area contributed by atoms with Crippen LogP contribution in [0.25, 0.3) is 21.7 Å². The van der Waals surface area contributed by atoms with E-state index in [1.54, 1.807) is 6.07 Å². The van der Waals surface area contributed by atoms with Gasteiger partial charge in [-0.15, -0.1) is 0 Å². The molecule has 1 aromatic heterocycles. The van der Waals surface area contributed by atoms with E-state index in [9.17, 15) is 4.79 Å². The van der Waals surface area contributed by atoms with Crippen molar-refractivity contribution in [2.75, 3.05) is 0 Å². The zero-order chi connectivity index (χ0) is 12.7. The minimum atomic E-state index is 0.0331. The fourth-order valence-corrected chi connectivity index (χ4v) is 2.14. The molecule has 3 rings (SSSR count). The molecule has 2 nitrogen and oxygen atoms in total. The Morgan fingerprint density at radius 2 is 1.67 bits per heavy atom. The van der Waals surface area contributed by atoms with Crippen LogP contribution < -0.4 is 5.43 Å². The van der Waals surface area contributed by atoms with Crippen molar-refractivity contribution in [1.82, 2.24) is 0 Å². The average Bonchev–Trinajstić information content (AvgIpc) is 2.36. The highest BCUT2D eigenvalue weighted by Crippen LogP contribution is 2.23. The van der Waals surface area contributed by atoms with Gasteiger partial charge in [-0.05, 0) is 22.9 Å². The van der Waals surface area contributed by atoms with E-state index >= 15 is 0 Å². The topological polar surface area (TPSA) is 30.2 Å². The molecule has 0 saturated heterocycles. The molecule has 0 spiro atoms. The van der Waals surface area contributed by atoms with Crippen molar-refractivity contribution in [3.05, 3.63) is 58.4 Å². The fraction of sp³-hybridized carbons (Fsp3) is 0.188. The second kappa shape index (κ2) is 3.98. The van der Waals surface area contributed by atoms with E-state index in [0.29, 0.717) is 11.0 Å². The summed E-state index contributed by atoms with van der Waals surface area (Å²) >= 11 is 0. The predicted octanol–water partition coefficient (Wildman–Crippen LogP) is 4.07. The van der Waals surface area contributed by atoms with E-state index in [4.69, 9.17) is 4.42 Å². The highest BCUT2D eigenvalue weighted by molar-refractivity contribution is 5.95. The summed E-state index contributed by atoms with van der Waals surface area (Å²) < 4.78 is 5.81. The smallest absolute Gasteiger partial charge is 0.192 e. The first kappa shape index (κ1) is 11.0. The summed E-state index contributed by atoms with van der Waals surface area (Å²) in [6.07, 6.45) is 0. The molecule has 18 heavy (non-hydrogen) atoms. The summed E-state index contributed by atoms with van der Waals surface area (Å²) in [5.41, 5.74) is 0.704. The highest BCUT2D eigenvalue weighted by atomic mass is 16.3. The molecule has 0 aliphatic heterocycles. The third-order valence-corrected chi connectivity index (χ3v) is 3.18. The van der Waals surface area contributed by atoms with Gasteiger partial charge in [-0.25, -0.2) is 0 Å². The van der Waals surface area contributed by atoms with Crippen molar-refractivity contribution >= 4 is 21.7 Å².